The Balaban J connectivity index is 1.51. The molecule has 1 aliphatic carbocycles. The Morgan fingerprint density at radius 2 is 1.48 bits per heavy atom. The quantitative estimate of drug-likeness (QED) is 0.177. The summed E-state index contributed by atoms with van der Waals surface area (Å²) in [4.78, 5) is 7.77. The van der Waals surface area contributed by atoms with Gasteiger partial charge in [0.1, 0.15) is 0 Å². The third-order valence-electron chi connectivity index (χ3n) is 11.2. The van der Waals surface area contributed by atoms with E-state index in [0.29, 0.717) is 0 Å². The standard InChI is InChI=1S/C40H43BN2S/c1-37(2,3)24-15-16-32-26(21-24)34-36(44-32)41-30-23-28-27(38(4,5)18-19-39(28,6)7)22-29(30)40(8,9)35-33(41)31(17-20-42-35)43(34)25-13-11-10-12-14-25/h10-17,20-23H,18-19H2,1-9H3. The van der Waals surface area contributed by atoms with Crippen LogP contribution in [0.3, 0.4) is 0 Å². The highest BCUT2D eigenvalue weighted by atomic mass is 32.1. The van der Waals surface area contributed by atoms with Crippen LogP contribution in [0.4, 0.5) is 17.1 Å². The minimum Gasteiger partial charge on any atom is -0.310 e. The number of benzene rings is 3. The third kappa shape index (κ3) is 3.76. The monoisotopic (exact) mass is 594 g/mol. The molecule has 222 valence electrons. The van der Waals surface area contributed by atoms with Gasteiger partial charge >= 0.3 is 0 Å². The highest BCUT2D eigenvalue weighted by molar-refractivity contribution is 7.33. The second-order valence-electron chi connectivity index (χ2n) is 16.3. The SMILES string of the molecule is CC(C)(C)c1ccc2sc3c(c2c1)N(c1ccccc1)c1ccnc2c1B3c1cc3c(cc1C2(C)C)C(C)(C)CCC3(C)C. The molecule has 2 aliphatic heterocycles. The number of hydrogen-bond acceptors (Lipinski definition) is 3. The molecule has 0 spiro atoms. The molecule has 0 bridgehead atoms. The lowest BCUT2D eigenvalue weighted by Crippen LogP contribution is -2.64. The average molecular weight is 595 g/mol. The molecule has 0 fully saturated rings. The van der Waals surface area contributed by atoms with Crippen LogP contribution in [-0.4, -0.2) is 11.7 Å². The molecule has 0 radical (unpaired) electrons. The van der Waals surface area contributed by atoms with Crippen molar-refractivity contribution in [3.63, 3.8) is 0 Å². The van der Waals surface area contributed by atoms with Crippen LogP contribution in [0.2, 0.25) is 0 Å². The summed E-state index contributed by atoms with van der Waals surface area (Å²) < 4.78 is 2.80. The first-order valence-corrected chi connectivity index (χ1v) is 17.1. The summed E-state index contributed by atoms with van der Waals surface area (Å²) in [6.45, 7) is 21.7. The Morgan fingerprint density at radius 3 is 2.16 bits per heavy atom. The van der Waals surface area contributed by atoms with E-state index < -0.39 is 0 Å². The fourth-order valence-electron chi connectivity index (χ4n) is 8.37. The van der Waals surface area contributed by atoms with Gasteiger partial charge in [0, 0.05) is 43.5 Å². The molecule has 0 saturated heterocycles. The third-order valence-corrected chi connectivity index (χ3v) is 12.4. The number of rotatable bonds is 1. The summed E-state index contributed by atoms with van der Waals surface area (Å²) in [6.07, 6.45) is 4.49. The van der Waals surface area contributed by atoms with E-state index >= 15 is 0 Å². The van der Waals surface area contributed by atoms with Gasteiger partial charge in [-0.3, -0.25) is 4.98 Å². The van der Waals surface area contributed by atoms with Gasteiger partial charge in [-0.1, -0.05) is 104 Å². The van der Waals surface area contributed by atoms with Gasteiger partial charge in [-0.05, 0) is 87.1 Å². The molecule has 3 aliphatic rings. The zero-order valence-corrected chi connectivity index (χ0v) is 28.5. The highest BCUT2D eigenvalue weighted by Crippen LogP contribution is 2.50. The number of fused-ring (bicyclic) bond motifs is 7. The Kier molecular flexibility index (Phi) is 5.68. The van der Waals surface area contributed by atoms with Crippen LogP contribution < -0.4 is 20.6 Å². The molecule has 8 rings (SSSR count). The van der Waals surface area contributed by atoms with E-state index in [2.05, 4.69) is 140 Å². The molecule has 4 heteroatoms. The van der Waals surface area contributed by atoms with E-state index in [9.17, 15) is 0 Å². The van der Waals surface area contributed by atoms with E-state index in [4.69, 9.17) is 4.98 Å². The van der Waals surface area contributed by atoms with Gasteiger partial charge < -0.3 is 4.90 Å². The van der Waals surface area contributed by atoms with Crippen molar-refractivity contribution in [2.24, 2.45) is 0 Å². The predicted molar refractivity (Wildman–Crippen MR) is 192 cm³/mol. The van der Waals surface area contributed by atoms with Gasteiger partial charge in [-0.25, -0.2) is 0 Å². The maximum Gasteiger partial charge on any atom is 0.262 e. The summed E-state index contributed by atoms with van der Waals surface area (Å²) in [5.41, 5.74) is 14.0. The topological polar surface area (TPSA) is 16.1 Å². The predicted octanol–water partition coefficient (Wildman–Crippen LogP) is 8.88. The molecule has 2 aromatic heterocycles. The van der Waals surface area contributed by atoms with Crippen molar-refractivity contribution in [3.8, 4) is 0 Å². The smallest absolute Gasteiger partial charge is 0.262 e. The molecule has 0 saturated carbocycles. The fraction of sp³-hybridized carbons (Fsp3) is 0.375. The van der Waals surface area contributed by atoms with Crippen LogP contribution >= 0.6 is 11.3 Å². The number of anilines is 3. The molecule has 0 amide bonds. The van der Waals surface area contributed by atoms with Gasteiger partial charge in [0.2, 0.25) is 0 Å². The number of pyridine rings is 1. The first-order chi connectivity index (χ1) is 20.7. The molecule has 5 aromatic rings. The molecular formula is C40H43BN2S. The number of aromatic nitrogens is 1. The number of nitrogens with zero attached hydrogens (tertiary/aromatic N) is 2. The van der Waals surface area contributed by atoms with Crippen LogP contribution in [0.25, 0.3) is 10.1 Å². The summed E-state index contributed by atoms with van der Waals surface area (Å²) in [7, 11) is 0. The molecule has 0 N–H and O–H groups in total. The Bertz CT molecular complexity index is 1990. The zero-order chi connectivity index (χ0) is 31.0. The highest BCUT2D eigenvalue weighted by Gasteiger charge is 2.50. The first kappa shape index (κ1) is 28.1. The second-order valence-corrected chi connectivity index (χ2v) is 17.4. The van der Waals surface area contributed by atoms with Crippen molar-refractivity contribution in [3.05, 3.63) is 101 Å². The van der Waals surface area contributed by atoms with Crippen LogP contribution in [0, 0.1) is 0 Å². The fourth-order valence-corrected chi connectivity index (χ4v) is 9.67. The minimum absolute atomic E-state index is 0.0726. The van der Waals surface area contributed by atoms with Crippen molar-refractivity contribution in [2.45, 2.75) is 96.8 Å². The molecule has 44 heavy (non-hydrogen) atoms. The van der Waals surface area contributed by atoms with Gasteiger partial charge in [0.05, 0.1) is 5.69 Å². The van der Waals surface area contributed by atoms with Gasteiger partial charge in [-0.2, -0.15) is 0 Å². The van der Waals surface area contributed by atoms with Crippen molar-refractivity contribution in [1.29, 1.82) is 0 Å². The summed E-state index contributed by atoms with van der Waals surface area (Å²) in [5, 5.41) is 1.36. The van der Waals surface area contributed by atoms with E-state index in [0.717, 1.165) is 0 Å². The Morgan fingerprint density at radius 1 is 0.795 bits per heavy atom. The lowest BCUT2D eigenvalue weighted by atomic mass is 9.32. The lowest BCUT2D eigenvalue weighted by Gasteiger charge is -2.47. The van der Waals surface area contributed by atoms with Crippen molar-refractivity contribution in [2.75, 3.05) is 4.90 Å². The second kappa shape index (κ2) is 8.88. The number of hydrogen-bond donors (Lipinski definition) is 0. The van der Waals surface area contributed by atoms with Crippen molar-refractivity contribution < 1.29 is 0 Å². The zero-order valence-electron chi connectivity index (χ0n) is 27.7. The maximum absolute atomic E-state index is 5.22. The van der Waals surface area contributed by atoms with Gasteiger partial charge in [-0.15, -0.1) is 11.3 Å². The Hall–Kier alpha value is -3.37. The van der Waals surface area contributed by atoms with Gasteiger partial charge in [0.15, 0.2) is 0 Å². The molecule has 0 unspecified atom stereocenters. The summed E-state index contributed by atoms with van der Waals surface area (Å²) in [6, 6.07) is 25.7. The van der Waals surface area contributed by atoms with E-state index in [1.807, 2.05) is 11.3 Å². The average Bonchev–Trinajstić information content (AvgIpc) is 3.35. The van der Waals surface area contributed by atoms with Crippen LogP contribution in [-0.2, 0) is 21.7 Å². The van der Waals surface area contributed by atoms with Crippen LogP contribution in [0.1, 0.15) is 103 Å². The Labute approximate surface area is 267 Å². The molecule has 0 atom stereocenters. The first-order valence-electron chi connectivity index (χ1n) is 16.3. The van der Waals surface area contributed by atoms with Crippen LogP contribution in [0.15, 0.2) is 72.9 Å². The van der Waals surface area contributed by atoms with E-state index in [1.54, 1.807) is 5.56 Å². The molecule has 3 aromatic carbocycles. The maximum atomic E-state index is 5.22. The van der Waals surface area contributed by atoms with E-state index in [-0.39, 0.29) is 28.4 Å². The van der Waals surface area contributed by atoms with Crippen LogP contribution in [0.5, 0.6) is 0 Å². The molecule has 4 heterocycles. The largest absolute Gasteiger partial charge is 0.310 e. The van der Waals surface area contributed by atoms with Crippen molar-refractivity contribution in [1.82, 2.24) is 4.98 Å². The molecule has 2 nitrogen and oxygen atoms in total. The number of thiophene rings is 1. The minimum atomic E-state index is -0.209. The van der Waals surface area contributed by atoms with Gasteiger partial charge in [0.25, 0.3) is 6.71 Å². The summed E-state index contributed by atoms with van der Waals surface area (Å²) in [5.74, 6) is 0. The molecular weight excluding hydrogens is 551 g/mol. The summed E-state index contributed by atoms with van der Waals surface area (Å²) >= 11 is 1.99. The lowest BCUT2D eigenvalue weighted by molar-refractivity contribution is 0.331. The normalized spacial score (nSPS) is 18.8. The van der Waals surface area contributed by atoms with E-state index in [1.165, 1.54) is 78.1 Å². The number of para-hydroxylation sites is 1. The van der Waals surface area contributed by atoms with Crippen molar-refractivity contribution >= 4 is 60.9 Å².